The fourth-order valence-corrected chi connectivity index (χ4v) is 1.11. The topological polar surface area (TPSA) is 67.4 Å². The van der Waals surface area contributed by atoms with E-state index in [9.17, 15) is 0 Å². The average molecular weight is 185 g/mol. The van der Waals surface area contributed by atoms with Crippen LogP contribution in [0.1, 0.15) is 11.3 Å². The Labute approximate surface area is 80.6 Å². The maximum atomic E-state index is 8.83. The van der Waals surface area contributed by atoms with E-state index in [4.69, 9.17) is 5.26 Å². The first-order chi connectivity index (χ1) is 6.81. The summed E-state index contributed by atoms with van der Waals surface area (Å²) < 4.78 is 1.54. The summed E-state index contributed by atoms with van der Waals surface area (Å²) in [5.41, 5.74) is 1.34. The molecule has 0 aromatic carbocycles. The van der Waals surface area contributed by atoms with Gasteiger partial charge in [-0.15, -0.1) is 5.10 Å². The molecule has 2 heterocycles. The highest BCUT2D eigenvalue weighted by Crippen LogP contribution is 2.07. The van der Waals surface area contributed by atoms with Gasteiger partial charge in [0.1, 0.15) is 11.6 Å². The van der Waals surface area contributed by atoms with Crippen molar-refractivity contribution in [1.82, 2.24) is 20.0 Å². The summed E-state index contributed by atoms with van der Waals surface area (Å²) in [4.78, 5) is 0. The van der Waals surface area contributed by atoms with Crippen LogP contribution in [0.4, 0.5) is 0 Å². The summed E-state index contributed by atoms with van der Waals surface area (Å²) in [6.45, 7) is 1.87. The Morgan fingerprint density at radius 2 is 2.29 bits per heavy atom. The molecule has 0 saturated heterocycles. The predicted octanol–water partition coefficient (Wildman–Crippen LogP) is 0.842. The fraction of sp³-hybridized carbons (Fsp3) is 0.111. The van der Waals surface area contributed by atoms with Crippen molar-refractivity contribution < 1.29 is 0 Å². The highest BCUT2D eigenvalue weighted by atomic mass is 15.3. The van der Waals surface area contributed by atoms with Gasteiger partial charge in [-0.25, -0.2) is 4.68 Å². The molecular formula is C9H7N5. The van der Waals surface area contributed by atoms with Crippen molar-refractivity contribution in [2.45, 2.75) is 6.92 Å². The van der Waals surface area contributed by atoms with E-state index in [1.807, 2.05) is 19.1 Å². The molecular weight excluding hydrogens is 178 g/mol. The average Bonchev–Trinajstić information content (AvgIpc) is 2.65. The zero-order valence-corrected chi connectivity index (χ0v) is 7.55. The molecule has 0 aliphatic heterocycles. The molecule has 2 aromatic heterocycles. The van der Waals surface area contributed by atoms with Gasteiger partial charge in [-0.2, -0.15) is 15.5 Å². The minimum Gasteiger partial charge on any atom is -0.219 e. The molecule has 0 aliphatic rings. The highest BCUT2D eigenvalue weighted by molar-refractivity contribution is 5.41. The van der Waals surface area contributed by atoms with Crippen LogP contribution >= 0.6 is 0 Å². The third kappa shape index (κ3) is 1.33. The van der Waals surface area contributed by atoms with Gasteiger partial charge in [0.2, 0.25) is 0 Å². The first-order valence-electron chi connectivity index (χ1n) is 4.05. The molecule has 5 heteroatoms. The minimum atomic E-state index is 0.461. The Hall–Kier alpha value is -2.22. The molecule has 0 atom stereocenters. The summed E-state index contributed by atoms with van der Waals surface area (Å²) in [7, 11) is 0. The Balaban J connectivity index is 2.57. The molecule has 0 unspecified atom stereocenters. The van der Waals surface area contributed by atoms with Crippen LogP contribution in [0.2, 0.25) is 0 Å². The van der Waals surface area contributed by atoms with Crippen molar-refractivity contribution in [2.24, 2.45) is 0 Å². The normalized spacial score (nSPS) is 9.71. The largest absolute Gasteiger partial charge is 0.219 e. The summed E-state index contributed by atoms with van der Waals surface area (Å²) in [5.74, 6) is 0.461. The van der Waals surface area contributed by atoms with Gasteiger partial charge in [0.05, 0.1) is 11.9 Å². The van der Waals surface area contributed by atoms with Crippen molar-refractivity contribution >= 4 is 0 Å². The number of rotatable bonds is 1. The maximum absolute atomic E-state index is 8.83. The van der Waals surface area contributed by atoms with Crippen LogP contribution in [-0.4, -0.2) is 20.0 Å². The lowest BCUT2D eigenvalue weighted by atomic mass is 10.3. The van der Waals surface area contributed by atoms with Gasteiger partial charge < -0.3 is 0 Å². The number of nitrogens with zero attached hydrogens (tertiary/aromatic N) is 5. The quantitative estimate of drug-likeness (QED) is 0.660. The summed E-state index contributed by atoms with van der Waals surface area (Å²) in [6, 6.07) is 5.49. The Bertz CT molecular complexity index is 494. The molecule has 0 spiro atoms. The molecule has 0 saturated carbocycles. The third-order valence-corrected chi connectivity index (χ3v) is 1.76. The molecule has 0 amide bonds. The molecule has 5 nitrogen and oxygen atoms in total. The minimum absolute atomic E-state index is 0.461. The molecule has 14 heavy (non-hydrogen) atoms. The van der Waals surface area contributed by atoms with E-state index in [2.05, 4.69) is 15.3 Å². The fourth-order valence-electron chi connectivity index (χ4n) is 1.11. The van der Waals surface area contributed by atoms with Gasteiger partial charge in [0.25, 0.3) is 0 Å². The highest BCUT2D eigenvalue weighted by Gasteiger charge is 2.06. The lowest BCUT2D eigenvalue weighted by molar-refractivity contribution is 0.800. The molecule has 2 aromatic rings. The van der Waals surface area contributed by atoms with Crippen LogP contribution in [0.15, 0.2) is 24.5 Å². The Morgan fingerprint density at radius 3 is 2.93 bits per heavy atom. The third-order valence-electron chi connectivity index (χ3n) is 1.76. The second-order valence-corrected chi connectivity index (χ2v) is 2.78. The standard InChI is InChI=1S/C9H7N5/c1-7-3-5-14(13-7)9-8(6-10)2-4-11-12-9/h2-5H,1H3. The van der Waals surface area contributed by atoms with Gasteiger partial charge in [0.15, 0.2) is 5.82 Å². The summed E-state index contributed by atoms with van der Waals surface area (Å²) >= 11 is 0. The lowest BCUT2D eigenvalue weighted by Crippen LogP contribution is -2.02. The van der Waals surface area contributed by atoms with Gasteiger partial charge in [0, 0.05) is 6.20 Å². The SMILES string of the molecule is Cc1ccn(-c2nnccc2C#N)n1. The number of nitriles is 1. The van der Waals surface area contributed by atoms with Crippen LogP contribution in [0.25, 0.3) is 5.82 Å². The van der Waals surface area contributed by atoms with Gasteiger partial charge in [-0.05, 0) is 19.1 Å². The van der Waals surface area contributed by atoms with Crippen molar-refractivity contribution in [1.29, 1.82) is 5.26 Å². The van der Waals surface area contributed by atoms with Gasteiger partial charge in [-0.3, -0.25) is 0 Å². The second kappa shape index (κ2) is 3.26. The first kappa shape index (κ1) is 8.38. The van der Waals surface area contributed by atoms with E-state index < -0.39 is 0 Å². The van der Waals surface area contributed by atoms with Crippen LogP contribution in [0, 0.1) is 18.3 Å². The van der Waals surface area contributed by atoms with E-state index in [0.717, 1.165) is 5.69 Å². The molecule has 0 N–H and O–H groups in total. The maximum Gasteiger partial charge on any atom is 0.193 e. The zero-order chi connectivity index (χ0) is 9.97. The van der Waals surface area contributed by atoms with Crippen LogP contribution in [0.3, 0.4) is 0 Å². The van der Waals surface area contributed by atoms with Crippen molar-refractivity contribution in [3.05, 3.63) is 35.8 Å². The van der Waals surface area contributed by atoms with Crippen LogP contribution in [0.5, 0.6) is 0 Å². The van der Waals surface area contributed by atoms with Gasteiger partial charge in [-0.1, -0.05) is 0 Å². The molecule has 2 rings (SSSR count). The number of aryl methyl sites for hydroxylation is 1. The van der Waals surface area contributed by atoms with Crippen LogP contribution < -0.4 is 0 Å². The van der Waals surface area contributed by atoms with Crippen molar-refractivity contribution in [2.75, 3.05) is 0 Å². The van der Waals surface area contributed by atoms with Crippen molar-refractivity contribution in [3.8, 4) is 11.9 Å². The monoisotopic (exact) mass is 185 g/mol. The van der Waals surface area contributed by atoms with E-state index in [0.29, 0.717) is 11.4 Å². The molecule has 0 aliphatic carbocycles. The lowest BCUT2D eigenvalue weighted by Gasteiger charge is -1.99. The number of aromatic nitrogens is 4. The van der Waals surface area contributed by atoms with Gasteiger partial charge >= 0.3 is 0 Å². The zero-order valence-electron chi connectivity index (χ0n) is 7.55. The molecule has 0 fully saturated rings. The summed E-state index contributed by atoms with van der Waals surface area (Å²) in [6.07, 6.45) is 3.23. The molecule has 68 valence electrons. The number of hydrogen-bond donors (Lipinski definition) is 0. The van der Waals surface area contributed by atoms with E-state index in [1.54, 1.807) is 16.9 Å². The van der Waals surface area contributed by atoms with E-state index in [-0.39, 0.29) is 0 Å². The first-order valence-corrected chi connectivity index (χ1v) is 4.05. The van der Waals surface area contributed by atoms with Crippen LogP contribution in [-0.2, 0) is 0 Å². The van der Waals surface area contributed by atoms with E-state index in [1.165, 1.54) is 6.20 Å². The predicted molar refractivity (Wildman–Crippen MR) is 48.6 cm³/mol. The summed E-state index contributed by atoms with van der Waals surface area (Å²) in [5, 5.41) is 20.6. The Morgan fingerprint density at radius 1 is 1.43 bits per heavy atom. The number of hydrogen-bond acceptors (Lipinski definition) is 4. The smallest absolute Gasteiger partial charge is 0.193 e. The molecule has 0 bridgehead atoms. The second-order valence-electron chi connectivity index (χ2n) is 2.78. The van der Waals surface area contributed by atoms with E-state index >= 15 is 0 Å². The Kier molecular flexibility index (Phi) is 1.95. The molecule has 0 radical (unpaired) electrons. The van der Waals surface area contributed by atoms with Crippen molar-refractivity contribution in [3.63, 3.8) is 0 Å².